The first kappa shape index (κ1) is 15.0. The lowest BCUT2D eigenvalue weighted by atomic mass is 10.2. The number of nitrogens with zero attached hydrogens (tertiary/aromatic N) is 4. The summed E-state index contributed by atoms with van der Waals surface area (Å²) in [5, 5.41) is 9.87. The van der Waals surface area contributed by atoms with E-state index in [4.69, 9.17) is 9.84 Å². The molecule has 7 heteroatoms. The van der Waals surface area contributed by atoms with Crippen molar-refractivity contribution < 1.29 is 14.6 Å². The van der Waals surface area contributed by atoms with Crippen molar-refractivity contribution in [2.45, 2.75) is 6.54 Å². The van der Waals surface area contributed by atoms with Crippen molar-refractivity contribution in [2.75, 3.05) is 14.1 Å². The molecule has 0 amide bonds. The first-order chi connectivity index (χ1) is 11.0. The largest absolute Gasteiger partial charge is 0.464 e. The second-order valence-corrected chi connectivity index (χ2v) is 5.38. The third kappa shape index (κ3) is 3.29. The molecular formula is C16H16N4O3. The predicted octanol–water partition coefficient (Wildman–Crippen LogP) is 2.81. The molecule has 7 nitrogen and oxygen atoms in total. The molecule has 0 unspecified atom stereocenters. The van der Waals surface area contributed by atoms with Crippen molar-refractivity contribution in [1.29, 1.82) is 0 Å². The molecule has 0 radical (unpaired) electrons. The molecule has 0 saturated heterocycles. The van der Waals surface area contributed by atoms with Crippen LogP contribution in [0.15, 0.2) is 42.9 Å². The second kappa shape index (κ2) is 6.05. The van der Waals surface area contributed by atoms with Gasteiger partial charge >= 0.3 is 6.09 Å². The third-order valence-corrected chi connectivity index (χ3v) is 3.27. The van der Waals surface area contributed by atoms with Gasteiger partial charge < -0.3 is 14.7 Å². The third-order valence-electron chi connectivity index (χ3n) is 3.27. The van der Waals surface area contributed by atoms with E-state index in [9.17, 15) is 4.79 Å². The highest BCUT2D eigenvalue weighted by Crippen LogP contribution is 2.25. The molecule has 1 aromatic carbocycles. The highest BCUT2D eigenvalue weighted by Gasteiger charge is 2.09. The van der Waals surface area contributed by atoms with Gasteiger partial charge in [-0.25, -0.2) is 14.8 Å². The minimum atomic E-state index is -1.02. The average molecular weight is 312 g/mol. The van der Waals surface area contributed by atoms with E-state index >= 15 is 0 Å². The number of benzene rings is 1. The van der Waals surface area contributed by atoms with Crippen molar-refractivity contribution in [1.82, 2.24) is 19.4 Å². The minimum absolute atomic E-state index is 0.453. The summed E-state index contributed by atoms with van der Waals surface area (Å²) < 4.78 is 6.92. The van der Waals surface area contributed by atoms with Crippen LogP contribution in [-0.2, 0) is 6.54 Å². The lowest BCUT2D eigenvalue weighted by molar-refractivity contribution is 0.197. The van der Waals surface area contributed by atoms with Crippen LogP contribution in [0.1, 0.15) is 5.69 Å². The summed E-state index contributed by atoms with van der Waals surface area (Å²) in [6.07, 6.45) is 1.96. The Hall–Kier alpha value is -2.93. The minimum Gasteiger partial charge on any atom is -0.464 e. The van der Waals surface area contributed by atoms with Gasteiger partial charge in [0.05, 0.1) is 11.2 Å². The molecule has 0 bridgehead atoms. The van der Waals surface area contributed by atoms with E-state index in [0.29, 0.717) is 23.7 Å². The number of hydrogen-bond donors (Lipinski definition) is 1. The zero-order valence-corrected chi connectivity index (χ0v) is 12.8. The Balaban J connectivity index is 1.85. The van der Waals surface area contributed by atoms with Crippen LogP contribution in [0.3, 0.4) is 0 Å². The Kier molecular flexibility index (Phi) is 3.94. The Bertz CT molecular complexity index is 857. The number of ether oxygens (including phenoxy) is 1. The maximum atomic E-state index is 11.1. The molecule has 0 atom stereocenters. The summed E-state index contributed by atoms with van der Waals surface area (Å²) >= 11 is 0. The molecule has 0 aliphatic carbocycles. The molecule has 1 N–H and O–H groups in total. The zero-order chi connectivity index (χ0) is 16.4. The highest BCUT2D eigenvalue weighted by molar-refractivity contribution is 5.89. The Labute approximate surface area is 132 Å². The lowest BCUT2D eigenvalue weighted by Gasteiger charge is -2.10. The van der Waals surface area contributed by atoms with Crippen LogP contribution < -0.4 is 4.74 Å². The van der Waals surface area contributed by atoms with Crippen LogP contribution in [0.5, 0.6) is 11.6 Å². The summed E-state index contributed by atoms with van der Waals surface area (Å²) in [6, 6.07) is 8.72. The predicted molar refractivity (Wildman–Crippen MR) is 84.9 cm³/mol. The zero-order valence-electron chi connectivity index (χ0n) is 12.8. The summed E-state index contributed by atoms with van der Waals surface area (Å²) in [5.74, 6) is 1.05. The van der Waals surface area contributed by atoms with Gasteiger partial charge in [-0.2, -0.15) is 0 Å². The van der Waals surface area contributed by atoms with Crippen LogP contribution >= 0.6 is 0 Å². The standard InChI is InChI=1S/C16H16N4O3/c1-19(2)9-12-8-15(18-10-17-12)23-13-3-4-14-11(7-13)5-6-20(14)16(21)22/h3-8,10H,9H2,1-2H3,(H,21,22). The van der Waals surface area contributed by atoms with Gasteiger partial charge in [0, 0.05) is 24.2 Å². The van der Waals surface area contributed by atoms with Gasteiger partial charge in [-0.15, -0.1) is 0 Å². The van der Waals surface area contributed by atoms with Gasteiger partial charge in [0.1, 0.15) is 12.1 Å². The van der Waals surface area contributed by atoms with E-state index < -0.39 is 6.09 Å². The van der Waals surface area contributed by atoms with Gasteiger partial charge in [-0.05, 0) is 38.4 Å². The average Bonchev–Trinajstić information content (AvgIpc) is 2.90. The van der Waals surface area contributed by atoms with Gasteiger partial charge in [0.25, 0.3) is 0 Å². The molecule has 0 saturated carbocycles. The van der Waals surface area contributed by atoms with Gasteiger partial charge in [-0.3, -0.25) is 4.57 Å². The molecule has 0 fully saturated rings. The summed E-state index contributed by atoms with van der Waals surface area (Å²) in [5.41, 5.74) is 1.47. The Morgan fingerprint density at radius 1 is 1.26 bits per heavy atom. The molecule has 2 aromatic heterocycles. The van der Waals surface area contributed by atoms with Gasteiger partial charge in [0.15, 0.2) is 0 Å². The van der Waals surface area contributed by atoms with Crippen LogP contribution in [0.4, 0.5) is 4.79 Å². The Morgan fingerprint density at radius 2 is 2.09 bits per heavy atom. The van der Waals surface area contributed by atoms with Crippen molar-refractivity contribution in [3.8, 4) is 11.6 Å². The molecule has 2 heterocycles. The first-order valence-corrected chi connectivity index (χ1v) is 7.01. The van der Waals surface area contributed by atoms with Crippen LogP contribution in [0.2, 0.25) is 0 Å². The fourth-order valence-electron chi connectivity index (χ4n) is 2.31. The van der Waals surface area contributed by atoms with Crippen molar-refractivity contribution in [3.05, 3.63) is 48.5 Å². The van der Waals surface area contributed by atoms with E-state index in [0.717, 1.165) is 11.1 Å². The van der Waals surface area contributed by atoms with Crippen molar-refractivity contribution >= 4 is 17.0 Å². The van der Waals surface area contributed by atoms with Gasteiger partial charge in [-0.1, -0.05) is 0 Å². The topological polar surface area (TPSA) is 80.5 Å². The maximum Gasteiger partial charge on any atom is 0.415 e. The van der Waals surface area contributed by atoms with E-state index in [1.165, 1.54) is 17.1 Å². The van der Waals surface area contributed by atoms with Crippen LogP contribution in [-0.4, -0.2) is 44.7 Å². The number of carboxylic acid groups (broad SMARTS) is 1. The number of rotatable bonds is 4. The summed E-state index contributed by atoms with van der Waals surface area (Å²) in [7, 11) is 3.92. The molecule has 3 aromatic rings. The molecule has 0 aliphatic rings. The molecular weight excluding hydrogens is 296 g/mol. The molecule has 118 valence electrons. The molecule has 0 spiro atoms. The fraction of sp³-hybridized carbons (Fsp3) is 0.188. The van der Waals surface area contributed by atoms with E-state index in [2.05, 4.69) is 9.97 Å². The molecule has 3 rings (SSSR count). The quantitative estimate of drug-likeness (QED) is 0.798. The number of fused-ring (bicyclic) bond motifs is 1. The van der Waals surface area contributed by atoms with Crippen LogP contribution in [0, 0.1) is 0 Å². The van der Waals surface area contributed by atoms with E-state index in [1.54, 1.807) is 30.3 Å². The summed E-state index contributed by atoms with van der Waals surface area (Å²) in [6.45, 7) is 0.694. The Morgan fingerprint density at radius 3 is 2.83 bits per heavy atom. The second-order valence-electron chi connectivity index (χ2n) is 5.38. The molecule has 23 heavy (non-hydrogen) atoms. The number of aromatic nitrogens is 3. The maximum absolute atomic E-state index is 11.1. The lowest BCUT2D eigenvalue weighted by Crippen LogP contribution is -2.12. The normalized spacial score (nSPS) is 11.1. The van der Waals surface area contributed by atoms with Crippen molar-refractivity contribution in [3.63, 3.8) is 0 Å². The highest BCUT2D eigenvalue weighted by atomic mass is 16.5. The van der Waals surface area contributed by atoms with E-state index in [1.807, 2.05) is 19.0 Å². The first-order valence-electron chi connectivity index (χ1n) is 7.01. The SMILES string of the molecule is CN(C)Cc1cc(Oc2ccc3c(ccn3C(=O)O)c2)ncn1. The van der Waals surface area contributed by atoms with Gasteiger partial charge in [0.2, 0.25) is 5.88 Å². The number of carbonyl (C=O) groups is 1. The number of hydrogen-bond acceptors (Lipinski definition) is 5. The fourth-order valence-corrected chi connectivity index (χ4v) is 2.31. The smallest absolute Gasteiger partial charge is 0.415 e. The monoisotopic (exact) mass is 312 g/mol. The van der Waals surface area contributed by atoms with E-state index in [-0.39, 0.29) is 0 Å². The van der Waals surface area contributed by atoms with Crippen molar-refractivity contribution in [2.24, 2.45) is 0 Å². The summed E-state index contributed by atoms with van der Waals surface area (Å²) in [4.78, 5) is 21.4. The van der Waals surface area contributed by atoms with Crippen LogP contribution in [0.25, 0.3) is 10.9 Å². The molecule has 0 aliphatic heterocycles.